The second kappa shape index (κ2) is 8.14. The number of likely N-dealkylation sites (tertiary alicyclic amines) is 1. The smallest absolute Gasteiger partial charge is 0.270 e. The molecule has 0 N–H and O–H groups in total. The molecule has 0 aliphatic carbocycles. The summed E-state index contributed by atoms with van der Waals surface area (Å²) in [5.41, 5.74) is 1.06. The van der Waals surface area contributed by atoms with Crippen LogP contribution in [0.4, 0.5) is 11.4 Å². The van der Waals surface area contributed by atoms with Crippen LogP contribution in [0.15, 0.2) is 22.7 Å². The molecule has 0 saturated carbocycles. The molecule has 8 heteroatoms. The Hall–Kier alpha value is -1.67. The molecule has 1 aromatic rings. The van der Waals surface area contributed by atoms with Gasteiger partial charge in [0.15, 0.2) is 0 Å². The molecule has 2 fully saturated rings. The van der Waals surface area contributed by atoms with Crippen LogP contribution in [0.25, 0.3) is 0 Å². The average Bonchev–Trinajstić information content (AvgIpc) is 3.03. The molecule has 2 aliphatic heterocycles. The summed E-state index contributed by atoms with van der Waals surface area (Å²) in [6.45, 7) is 5.70. The Morgan fingerprint density at radius 2 is 1.84 bits per heavy atom. The zero-order valence-corrected chi connectivity index (χ0v) is 15.8. The Morgan fingerprint density at radius 1 is 1.08 bits per heavy atom. The van der Waals surface area contributed by atoms with Crippen LogP contribution in [-0.4, -0.2) is 66.4 Å². The third-order valence-electron chi connectivity index (χ3n) is 4.89. The van der Waals surface area contributed by atoms with Gasteiger partial charge in [-0.2, -0.15) is 0 Å². The number of nitro benzene ring substituents is 1. The summed E-state index contributed by atoms with van der Waals surface area (Å²) in [7, 11) is 0. The summed E-state index contributed by atoms with van der Waals surface area (Å²) >= 11 is 3.46. The van der Waals surface area contributed by atoms with E-state index in [1.807, 2.05) is 4.90 Å². The number of non-ortho nitro benzene ring substituents is 1. The molecule has 0 radical (unpaired) electrons. The fourth-order valence-corrected chi connectivity index (χ4v) is 4.11. The first-order valence-electron chi connectivity index (χ1n) is 8.73. The Labute approximate surface area is 155 Å². The quantitative estimate of drug-likeness (QED) is 0.563. The van der Waals surface area contributed by atoms with Gasteiger partial charge in [-0.15, -0.1) is 0 Å². The number of hydrogen-bond donors (Lipinski definition) is 0. The minimum absolute atomic E-state index is 0.0864. The van der Waals surface area contributed by atoms with Crippen molar-refractivity contribution in [2.24, 2.45) is 0 Å². The summed E-state index contributed by atoms with van der Waals surface area (Å²) in [4.78, 5) is 29.2. The zero-order valence-electron chi connectivity index (χ0n) is 14.2. The number of halogens is 1. The van der Waals surface area contributed by atoms with E-state index in [-0.39, 0.29) is 16.5 Å². The van der Waals surface area contributed by atoms with Crippen molar-refractivity contribution in [1.29, 1.82) is 0 Å². The monoisotopic (exact) mass is 410 g/mol. The Bertz CT molecular complexity index is 649. The maximum absolute atomic E-state index is 12.3. The molecule has 2 heterocycles. The van der Waals surface area contributed by atoms with Gasteiger partial charge in [-0.1, -0.05) is 0 Å². The van der Waals surface area contributed by atoms with E-state index in [1.54, 1.807) is 18.2 Å². The largest absolute Gasteiger partial charge is 0.369 e. The van der Waals surface area contributed by atoms with Crippen LogP contribution in [0.2, 0.25) is 0 Å². The van der Waals surface area contributed by atoms with Crippen molar-refractivity contribution in [3.8, 4) is 0 Å². The number of carbonyl (C=O) groups is 1. The summed E-state index contributed by atoms with van der Waals surface area (Å²) in [6, 6.07) is 4.89. The number of carbonyl (C=O) groups excluding carboxylic acids is 1. The van der Waals surface area contributed by atoms with Crippen molar-refractivity contribution in [2.45, 2.75) is 19.3 Å². The molecule has 1 aromatic carbocycles. The van der Waals surface area contributed by atoms with Crippen molar-refractivity contribution in [3.63, 3.8) is 0 Å². The van der Waals surface area contributed by atoms with Crippen molar-refractivity contribution < 1.29 is 9.72 Å². The van der Waals surface area contributed by atoms with Crippen molar-refractivity contribution in [2.75, 3.05) is 50.7 Å². The fraction of sp³-hybridized carbons (Fsp3) is 0.588. The summed E-state index contributed by atoms with van der Waals surface area (Å²) in [5.74, 6) is 0.238. The summed E-state index contributed by atoms with van der Waals surface area (Å²) in [5, 5.41) is 10.9. The molecule has 0 unspecified atom stereocenters. The molecular formula is C17H23BrN4O3. The highest BCUT2D eigenvalue weighted by Crippen LogP contribution is 2.30. The van der Waals surface area contributed by atoms with E-state index in [0.717, 1.165) is 68.7 Å². The van der Waals surface area contributed by atoms with Crippen LogP contribution in [0.3, 0.4) is 0 Å². The first-order valence-corrected chi connectivity index (χ1v) is 9.53. The highest BCUT2D eigenvalue weighted by molar-refractivity contribution is 9.10. The van der Waals surface area contributed by atoms with Gasteiger partial charge in [-0.25, -0.2) is 0 Å². The van der Waals surface area contributed by atoms with Gasteiger partial charge >= 0.3 is 0 Å². The van der Waals surface area contributed by atoms with Gasteiger partial charge in [0.2, 0.25) is 5.91 Å². The van der Waals surface area contributed by atoms with Gasteiger partial charge in [0, 0.05) is 55.9 Å². The van der Waals surface area contributed by atoms with E-state index >= 15 is 0 Å². The van der Waals surface area contributed by atoms with Crippen LogP contribution in [-0.2, 0) is 4.79 Å². The van der Waals surface area contributed by atoms with Crippen LogP contribution in [0.5, 0.6) is 0 Å². The number of nitrogens with zero attached hydrogens (tertiary/aromatic N) is 4. The molecule has 0 atom stereocenters. The SMILES string of the molecule is O=C(CN1CCCN(c2ccc([N+](=O)[O-])cc2Br)CC1)N1CCCC1. The van der Waals surface area contributed by atoms with E-state index in [1.165, 1.54) is 0 Å². The minimum atomic E-state index is -0.386. The lowest BCUT2D eigenvalue weighted by Crippen LogP contribution is -2.40. The Balaban J connectivity index is 1.59. The molecule has 7 nitrogen and oxygen atoms in total. The number of benzene rings is 1. The molecule has 25 heavy (non-hydrogen) atoms. The molecule has 2 saturated heterocycles. The van der Waals surface area contributed by atoms with Gasteiger partial charge in [0.1, 0.15) is 0 Å². The van der Waals surface area contributed by atoms with E-state index < -0.39 is 0 Å². The fourth-order valence-electron chi connectivity index (χ4n) is 3.49. The van der Waals surface area contributed by atoms with Crippen LogP contribution >= 0.6 is 15.9 Å². The third kappa shape index (κ3) is 4.49. The van der Waals surface area contributed by atoms with Gasteiger partial charge in [-0.3, -0.25) is 19.8 Å². The van der Waals surface area contributed by atoms with Crippen LogP contribution < -0.4 is 4.90 Å². The van der Waals surface area contributed by atoms with Crippen LogP contribution in [0.1, 0.15) is 19.3 Å². The molecule has 0 spiro atoms. The molecule has 3 rings (SSSR count). The Kier molecular flexibility index (Phi) is 5.90. The average molecular weight is 411 g/mol. The number of anilines is 1. The van der Waals surface area contributed by atoms with Gasteiger partial charge < -0.3 is 9.80 Å². The van der Waals surface area contributed by atoms with Gasteiger partial charge in [0.05, 0.1) is 17.2 Å². The van der Waals surface area contributed by atoms with Gasteiger partial charge in [-0.05, 0) is 41.3 Å². The molecule has 1 amide bonds. The predicted molar refractivity (Wildman–Crippen MR) is 99.9 cm³/mol. The van der Waals surface area contributed by atoms with Gasteiger partial charge in [0.25, 0.3) is 5.69 Å². The highest BCUT2D eigenvalue weighted by Gasteiger charge is 2.23. The highest BCUT2D eigenvalue weighted by atomic mass is 79.9. The standard InChI is InChI=1S/C17H23BrN4O3/c18-15-12-14(22(24)25)4-5-16(15)20-9-3-6-19(10-11-20)13-17(23)21-7-1-2-8-21/h4-5,12H,1-3,6-11,13H2. The number of rotatable bonds is 4. The second-order valence-corrected chi connectivity index (χ2v) is 7.45. The third-order valence-corrected chi connectivity index (χ3v) is 5.52. The van der Waals surface area contributed by atoms with E-state index in [2.05, 4.69) is 25.7 Å². The Morgan fingerprint density at radius 3 is 2.52 bits per heavy atom. The molecule has 2 aliphatic rings. The molecule has 0 aromatic heterocycles. The number of nitro groups is 1. The lowest BCUT2D eigenvalue weighted by atomic mass is 10.2. The molecular weight excluding hydrogens is 388 g/mol. The van der Waals surface area contributed by atoms with E-state index in [9.17, 15) is 14.9 Å². The lowest BCUT2D eigenvalue weighted by Gasteiger charge is -2.25. The normalized spacial score (nSPS) is 19.1. The van der Waals surface area contributed by atoms with Crippen molar-refractivity contribution >= 4 is 33.2 Å². The minimum Gasteiger partial charge on any atom is -0.369 e. The predicted octanol–water partition coefficient (Wildman–Crippen LogP) is 2.49. The lowest BCUT2D eigenvalue weighted by molar-refractivity contribution is -0.384. The topological polar surface area (TPSA) is 69.9 Å². The zero-order chi connectivity index (χ0) is 17.8. The second-order valence-electron chi connectivity index (χ2n) is 6.60. The van der Waals surface area contributed by atoms with Crippen LogP contribution in [0, 0.1) is 10.1 Å². The number of hydrogen-bond acceptors (Lipinski definition) is 5. The summed E-state index contributed by atoms with van der Waals surface area (Å²) < 4.78 is 0.739. The summed E-state index contributed by atoms with van der Waals surface area (Å²) in [6.07, 6.45) is 3.21. The maximum atomic E-state index is 12.3. The molecule has 136 valence electrons. The van der Waals surface area contributed by atoms with Crippen molar-refractivity contribution in [3.05, 3.63) is 32.8 Å². The number of amides is 1. The van der Waals surface area contributed by atoms with Crippen molar-refractivity contribution in [1.82, 2.24) is 9.80 Å². The first kappa shape index (κ1) is 18.1. The maximum Gasteiger partial charge on any atom is 0.270 e. The first-order chi connectivity index (χ1) is 12.0. The molecule has 0 bridgehead atoms. The van der Waals surface area contributed by atoms with E-state index in [4.69, 9.17) is 0 Å². The van der Waals surface area contributed by atoms with E-state index in [0.29, 0.717) is 6.54 Å².